The van der Waals surface area contributed by atoms with Crippen molar-refractivity contribution in [2.75, 3.05) is 26.2 Å². The minimum Gasteiger partial charge on any atom is -0.340 e. The lowest BCUT2D eigenvalue weighted by Crippen LogP contribution is -2.48. The Kier molecular flexibility index (Phi) is 6.96. The van der Waals surface area contributed by atoms with E-state index >= 15 is 0 Å². The van der Waals surface area contributed by atoms with Crippen LogP contribution < -0.4 is 0 Å². The summed E-state index contributed by atoms with van der Waals surface area (Å²) in [5.74, 6) is 1.57. The molecule has 11 heteroatoms. The Balaban J connectivity index is 1.20. The number of hydrogen-bond donors (Lipinski definition) is 0. The second-order valence-corrected chi connectivity index (χ2v) is 9.94. The number of carbonyl (C=O) groups is 1. The highest BCUT2D eigenvalue weighted by molar-refractivity contribution is 6.35. The van der Waals surface area contributed by atoms with Crippen LogP contribution in [0.15, 0.2) is 30.3 Å². The Hall–Kier alpha value is -3.01. The number of piperazine rings is 1. The van der Waals surface area contributed by atoms with Crippen LogP contribution in [0.25, 0.3) is 11.5 Å². The molecule has 0 aliphatic carbocycles. The van der Waals surface area contributed by atoms with Gasteiger partial charge in [0.1, 0.15) is 0 Å². The van der Waals surface area contributed by atoms with E-state index in [4.69, 9.17) is 28.3 Å². The molecule has 1 aliphatic rings. The van der Waals surface area contributed by atoms with E-state index < -0.39 is 0 Å². The number of aryl methyl sites for hydroxylation is 2. The van der Waals surface area contributed by atoms with Gasteiger partial charge in [-0.15, -0.1) is 15.3 Å². The molecule has 1 fully saturated rings. The van der Waals surface area contributed by atoms with Gasteiger partial charge in [-0.3, -0.25) is 9.69 Å². The molecule has 0 bridgehead atoms. The van der Waals surface area contributed by atoms with Gasteiger partial charge in [0.2, 0.25) is 5.91 Å². The van der Waals surface area contributed by atoms with Crippen molar-refractivity contribution in [3.63, 3.8) is 0 Å². The maximum atomic E-state index is 13.0. The Morgan fingerprint density at radius 3 is 2.36 bits per heavy atom. The first-order valence-corrected chi connectivity index (χ1v) is 12.7. The van der Waals surface area contributed by atoms with E-state index in [1.54, 1.807) is 4.52 Å². The predicted molar refractivity (Wildman–Crippen MR) is 139 cm³/mol. The average molecular weight is 527 g/mol. The van der Waals surface area contributed by atoms with Crippen molar-refractivity contribution >= 4 is 34.8 Å². The first-order valence-electron chi connectivity index (χ1n) is 12.0. The zero-order chi connectivity index (χ0) is 25.4. The average Bonchev–Trinajstić information content (AvgIpc) is 3.38. The summed E-state index contributed by atoms with van der Waals surface area (Å²) in [4.78, 5) is 17.2. The lowest BCUT2D eigenvalue weighted by atomic mass is 10.1. The second-order valence-electron chi connectivity index (χ2n) is 9.13. The maximum Gasteiger partial charge on any atom is 0.222 e. The van der Waals surface area contributed by atoms with Gasteiger partial charge >= 0.3 is 0 Å². The molecule has 0 radical (unpaired) electrons. The number of fused-ring (bicyclic) bond motifs is 1. The van der Waals surface area contributed by atoms with Crippen LogP contribution in [0.3, 0.4) is 0 Å². The minimum absolute atomic E-state index is 0.164. The summed E-state index contributed by atoms with van der Waals surface area (Å²) in [6.45, 7) is 9.52. The van der Waals surface area contributed by atoms with Crippen LogP contribution in [0.5, 0.6) is 0 Å². The quantitative estimate of drug-likeness (QED) is 0.379. The largest absolute Gasteiger partial charge is 0.340 e. The van der Waals surface area contributed by atoms with Gasteiger partial charge in [-0.05, 0) is 57.0 Å². The normalized spacial score (nSPS) is 14.6. The monoisotopic (exact) mass is 526 g/mol. The Morgan fingerprint density at radius 2 is 1.64 bits per heavy atom. The fourth-order valence-corrected chi connectivity index (χ4v) is 5.23. The molecule has 4 heterocycles. The van der Waals surface area contributed by atoms with E-state index in [2.05, 4.69) is 20.2 Å². The highest BCUT2D eigenvalue weighted by Crippen LogP contribution is 2.26. The molecule has 3 aromatic heterocycles. The van der Waals surface area contributed by atoms with Crippen molar-refractivity contribution in [1.29, 1.82) is 0 Å². The molecule has 0 unspecified atom stereocenters. The Bertz CT molecular complexity index is 1400. The van der Waals surface area contributed by atoms with Gasteiger partial charge in [0, 0.05) is 60.4 Å². The third kappa shape index (κ3) is 4.83. The Morgan fingerprint density at radius 1 is 0.917 bits per heavy atom. The van der Waals surface area contributed by atoms with E-state index in [9.17, 15) is 4.79 Å². The van der Waals surface area contributed by atoms with Crippen LogP contribution in [-0.2, 0) is 17.8 Å². The van der Waals surface area contributed by atoms with Gasteiger partial charge < -0.3 is 4.90 Å². The number of rotatable bonds is 6. The molecule has 1 aliphatic heterocycles. The highest BCUT2D eigenvalue weighted by Gasteiger charge is 2.23. The molecular weight excluding hydrogens is 499 g/mol. The summed E-state index contributed by atoms with van der Waals surface area (Å²) in [6.07, 6.45) is 1.08. The third-order valence-electron chi connectivity index (χ3n) is 6.82. The van der Waals surface area contributed by atoms with Gasteiger partial charge in [0.05, 0.1) is 5.69 Å². The van der Waals surface area contributed by atoms with Crippen molar-refractivity contribution in [1.82, 2.24) is 39.4 Å². The molecule has 5 rings (SSSR count). The molecule has 188 valence electrons. The number of benzene rings is 1. The third-order valence-corrected chi connectivity index (χ3v) is 7.53. The summed E-state index contributed by atoms with van der Waals surface area (Å²) >= 11 is 12.7. The number of hydrogen-bond acceptors (Lipinski definition) is 6. The molecule has 4 aromatic rings. The lowest BCUT2D eigenvalue weighted by Gasteiger charge is -2.35. The van der Waals surface area contributed by atoms with E-state index in [1.807, 2.05) is 60.7 Å². The van der Waals surface area contributed by atoms with Gasteiger partial charge in [0.15, 0.2) is 17.3 Å². The number of aromatic nitrogens is 6. The van der Waals surface area contributed by atoms with Crippen molar-refractivity contribution in [3.8, 4) is 5.82 Å². The maximum absolute atomic E-state index is 13.0. The molecule has 0 atom stereocenters. The minimum atomic E-state index is 0.164. The van der Waals surface area contributed by atoms with E-state index in [1.165, 1.54) is 0 Å². The molecule has 1 amide bonds. The summed E-state index contributed by atoms with van der Waals surface area (Å²) in [5, 5.41) is 18.8. The van der Waals surface area contributed by atoms with E-state index in [-0.39, 0.29) is 5.91 Å². The summed E-state index contributed by atoms with van der Waals surface area (Å²) in [6, 6.07) is 9.33. The van der Waals surface area contributed by atoms with Crippen LogP contribution in [-0.4, -0.2) is 71.5 Å². The zero-order valence-corrected chi connectivity index (χ0v) is 22.1. The molecular formula is C25H28Cl2N8O. The van der Waals surface area contributed by atoms with Gasteiger partial charge in [0.25, 0.3) is 0 Å². The smallest absolute Gasteiger partial charge is 0.222 e. The van der Waals surface area contributed by atoms with E-state index in [0.29, 0.717) is 59.8 Å². The van der Waals surface area contributed by atoms with Crippen LogP contribution in [0.1, 0.15) is 34.8 Å². The first kappa shape index (κ1) is 24.7. The lowest BCUT2D eigenvalue weighted by molar-refractivity contribution is -0.133. The SMILES string of the molecule is Cc1nn(-c2ccc3nnc(C)n3n2)c(C)c1CCC(=O)N1CCN(Cc2c(Cl)cccc2Cl)CC1. The fourth-order valence-electron chi connectivity index (χ4n) is 4.71. The second kappa shape index (κ2) is 10.2. The van der Waals surface area contributed by atoms with Gasteiger partial charge in [-0.1, -0.05) is 29.3 Å². The molecule has 36 heavy (non-hydrogen) atoms. The predicted octanol–water partition coefficient (Wildman–Crippen LogP) is 3.82. The van der Waals surface area contributed by atoms with Crippen LogP contribution in [0.4, 0.5) is 0 Å². The van der Waals surface area contributed by atoms with Crippen LogP contribution in [0, 0.1) is 20.8 Å². The van der Waals surface area contributed by atoms with Crippen molar-refractivity contribution in [3.05, 3.63) is 68.7 Å². The number of carbonyl (C=O) groups excluding carboxylic acids is 1. The molecule has 1 aromatic carbocycles. The van der Waals surface area contributed by atoms with Crippen molar-refractivity contribution in [2.24, 2.45) is 0 Å². The number of nitrogens with zero attached hydrogens (tertiary/aromatic N) is 8. The highest BCUT2D eigenvalue weighted by atomic mass is 35.5. The molecule has 0 spiro atoms. The molecule has 0 N–H and O–H groups in total. The van der Waals surface area contributed by atoms with Crippen molar-refractivity contribution in [2.45, 2.75) is 40.2 Å². The Labute approximate surface area is 219 Å². The number of halogens is 2. The van der Waals surface area contributed by atoms with Gasteiger partial charge in [-0.2, -0.15) is 9.61 Å². The standard InChI is InChI=1S/C25H28Cl2N8O/c1-16-19(17(2)34(30-16)24-9-8-23-29-28-18(3)35(23)31-24)7-10-25(36)33-13-11-32(12-14-33)15-20-21(26)5-4-6-22(20)27/h4-6,8-9H,7,10-15H2,1-3H3. The summed E-state index contributed by atoms with van der Waals surface area (Å²) in [5.41, 5.74) is 4.61. The topological polar surface area (TPSA) is 84.4 Å². The summed E-state index contributed by atoms with van der Waals surface area (Å²) < 4.78 is 3.53. The first-order chi connectivity index (χ1) is 17.3. The molecule has 0 saturated carbocycles. The van der Waals surface area contributed by atoms with Gasteiger partial charge in [-0.25, -0.2) is 4.68 Å². The number of amides is 1. The van der Waals surface area contributed by atoms with Crippen LogP contribution >= 0.6 is 23.2 Å². The molecule has 1 saturated heterocycles. The summed E-state index contributed by atoms with van der Waals surface area (Å²) in [7, 11) is 0. The zero-order valence-electron chi connectivity index (χ0n) is 20.6. The van der Waals surface area contributed by atoms with E-state index in [0.717, 1.165) is 35.6 Å². The molecule has 9 nitrogen and oxygen atoms in total. The van der Waals surface area contributed by atoms with Crippen molar-refractivity contribution < 1.29 is 4.79 Å². The van der Waals surface area contributed by atoms with Crippen LogP contribution in [0.2, 0.25) is 10.0 Å². The fraction of sp³-hybridized carbons (Fsp3) is 0.400.